The molecule has 0 spiro atoms. The number of carboxylic acids is 1. The molecule has 1 rings (SSSR count). The molecule has 33 heavy (non-hydrogen) atoms. The third-order valence-corrected chi connectivity index (χ3v) is 6.39. The summed E-state index contributed by atoms with van der Waals surface area (Å²) >= 11 is 0. The van der Waals surface area contributed by atoms with Crippen LogP contribution in [0.25, 0.3) is 0 Å². The minimum atomic E-state index is -1.06. The summed E-state index contributed by atoms with van der Waals surface area (Å²) in [7, 11) is 5.99. The van der Waals surface area contributed by atoms with Crippen LogP contribution in [0.15, 0.2) is 0 Å². The highest BCUT2D eigenvalue weighted by Gasteiger charge is 2.42. The number of carbonyl (C=O) groups excluding carboxylic acids is 3. The van der Waals surface area contributed by atoms with Crippen molar-refractivity contribution in [3.05, 3.63) is 0 Å². The van der Waals surface area contributed by atoms with E-state index in [0.717, 1.165) is 6.42 Å². The Labute approximate surface area is 198 Å². The number of likely N-dealkylation sites (tertiary alicyclic amines) is 1. The Morgan fingerprint density at radius 2 is 1.67 bits per heavy atom. The van der Waals surface area contributed by atoms with E-state index < -0.39 is 34.7 Å². The lowest BCUT2D eigenvalue weighted by molar-refractivity contribution is -0.870. The fraction of sp³-hybridized carbons (Fsp3) is 0.833. The Morgan fingerprint density at radius 1 is 1.06 bits per heavy atom. The molecule has 2 unspecified atom stereocenters. The number of rotatable bonds is 14. The maximum Gasteiger partial charge on any atom is 0.312 e. The maximum atomic E-state index is 12.8. The predicted octanol–water partition coefficient (Wildman–Crippen LogP) is 2.32. The molecule has 1 amide bonds. The van der Waals surface area contributed by atoms with Crippen LogP contribution >= 0.6 is 0 Å². The highest BCUT2D eigenvalue weighted by molar-refractivity contribution is 5.80. The van der Waals surface area contributed by atoms with E-state index in [4.69, 9.17) is 9.47 Å². The zero-order chi connectivity index (χ0) is 25.4. The summed E-state index contributed by atoms with van der Waals surface area (Å²) < 4.78 is 11.5. The Bertz CT molecular complexity index is 714. The van der Waals surface area contributed by atoms with Crippen LogP contribution in [-0.2, 0) is 28.7 Å². The quantitative estimate of drug-likeness (QED) is 0.306. The smallest absolute Gasteiger partial charge is 0.312 e. The molecule has 1 aliphatic rings. The number of carboxylic acid groups (broad SMARTS) is 1. The number of carbonyl (C=O) groups is 4. The second-order valence-electron chi connectivity index (χ2n) is 11.0. The fourth-order valence-electron chi connectivity index (χ4n) is 3.83. The lowest BCUT2D eigenvalue weighted by Gasteiger charge is -2.32. The molecule has 9 heteroatoms. The summed E-state index contributed by atoms with van der Waals surface area (Å²) in [4.78, 5) is 50.8. The van der Waals surface area contributed by atoms with Crippen LogP contribution in [0.4, 0.5) is 0 Å². The molecule has 1 aliphatic heterocycles. The summed E-state index contributed by atoms with van der Waals surface area (Å²) in [6.45, 7) is 8.84. The molecule has 9 nitrogen and oxygen atoms in total. The summed E-state index contributed by atoms with van der Waals surface area (Å²) in [5.41, 5.74) is -2.02. The molecule has 0 aliphatic carbocycles. The second-order valence-corrected chi connectivity index (χ2v) is 11.0. The van der Waals surface area contributed by atoms with Gasteiger partial charge in [-0.3, -0.25) is 19.2 Å². The van der Waals surface area contributed by atoms with Crippen molar-refractivity contribution < 1.29 is 38.2 Å². The van der Waals surface area contributed by atoms with Gasteiger partial charge in [0, 0.05) is 13.0 Å². The fourth-order valence-corrected chi connectivity index (χ4v) is 3.83. The number of likely N-dealkylation sites (N-methyl/N-ethyl adjacent to an activating group) is 1. The van der Waals surface area contributed by atoms with Crippen LogP contribution in [0.3, 0.4) is 0 Å². The van der Waals surface area contributed by atoms with Crippen LogP contribution in [0.5, 0.6) is 0 Å². The van der Waals surface area contributed by atoms with E-state index >= 15 is 0 Å². The summed E-state index contributed by atoms with van der Waals surface area (Å²) in [6.07, 6.45) is 1.86. The van der Waals surface area contributed by atoms with Crippen molar-refractivity contribution in [3.63, 3.8) is 0 Å². The van der Waals surface area contributed by atoms with Gasteiger partial charge in [0.25, 0.3) is 0 Å². The first-order valence-corrected chi connectivity index (χ1v) is 11.8. The van der Waals surface area contributed by atoms with Gasteiger partial charge in [-0.05, 0) is 46.5 Å². The van der Waals surface area contributed by atoms with Gasteiger partial charge in [-0.2, -0.15) is 0 Å². The lowest BCUT2D eigenvalue weighted by atomic mass is 9.73. The number of amides is 1. The number of hydrogen-bond donors (Lipinski definition) is 1. The molecule has 0 radical (unpaired) electrons. The molecule has 1 fully saturated rings. The number of quaternary nitrogens is 1. The first-order valence-electron chi connectivity index (χ1n) is 11.8. The zero-order valence-corrected chi connectivity index (χ0v) is 21.4. The monoisotopic (exact) mass is 471 g/mol. The molecule has 2 atom stereocenters. The van der Waals surface area contributed by atoms with E-state index in [9.17, 15) is 24.3 Å². The van der Waals surface area contributed by atoms with Crippen LogP contribution < -0.4 is 0 Å². The van der Waals surface area contributed by atoms with Gasteiger partial charge in [-0.15, -0.1) is 0 Å². The highest BCUT2D eigenvalue weighted by Crippen LogP contribution is 2.37. The van der Waals surface area contributed by atoms with Crippen molar-refractivity contribution in [1.29, 1.82) is 0 Å². The molecule has 1 saturated heterocycles. The van der Waals surface area contributed by atoms with Crippen molar-refractivity contribution in [1.82, 2.24) is 4.90 Å². The molecule has 1 N–H and O–H groups in total. The van der Waals surface area contributed by atoms with Crippen LogP contribution in [-0.4, -0.2) is 92.3 Å². The van der Waals surface area contributed by atoms with E-state index in [1.165, 1.54) is 0 Å². The summed E-state index contributed by atoms with van der Waals surface area (Å²) in [5.74, 6) is -2.84. The third kappa shape index (κ3) is 9.31. The third-order valence-electron chi connectivity index (χ3n) is 6.39. The normalized spacial score (nSPS) is 17.4. The van der Waals surface area contributed by atoms with E-state index in [1.54, 1.807) is 25.7 Å². The Hall–Kier alpha value is -2.16. The topological polar surface area (TPSA) is 110 Å². The molecule has 0 aromatic rings. The molecule has 190 valence electrons. The van der Waals surface area contributed by atoms with Gasteiger partial charge in [0.15, 0.2) is 0 Å². The van der Waals surface area contributed by atoms with E-state index in [2.05, 4.69) is 0 Å². The number of esters is 2. The average molecular weight is 472 g/mol. The van der Waals surface area contributed by atoms with Crippen LogP contribution in [0.2, 0.25) is 0 Å². The molecule has 0 aromatic heterocycles. The van der Waals surface area contributed by atoms with Crippen LogP contribution in [0.1, 0.15) is 59.8 Å². The largest absolute Gasteiger partial charge is 0.481 e. The average Bonchev–Trinajstić information content (AvgIpc) is 3.10. The van der Waals surface area contributed by atoms with Crippen molar-refractivity contribution in [2.24, 2.45) is 16.7 Å². The SMILES string of the molecule is CCC(C)(CC(CC(C)(C)C(=O)OCCN1CCCC1=O)C(=O)O)C(=O)OCC[N+](C)(C)C. The number of hydrogen-bond acceptors (Lipinski definition) is 6. The Balaban J connectivity index is 2.72. The van der Waals surface area contributed by atoms with Crippen molar-refractivity contribution >= 4 is 23.8 Å². The number of ether oxygens (including phenoxy) is 2. The molecule has 0 saturated carbocycles. The van der Waals surface area contributed by atoms with Crippen LogP contribution in [0, 0.1) is 16.7 Å². The van der Waals surface area contributed by atoms with E-state index in [0.29, 0.717) is 37.0 Å². The molecule has 0 aromatic carbocycles. The van der Waals surface area contributed by atoms with Gasteiger partial charge >= 0.3 is 17.9 Å². The van der Waals surface area contributed by atoms with Gasteiger partial charge in [-0.25, -0.2) is 0 Å². The lowest BCUT2D eigenvalue weighted by Crippen LogP contribution is -2.41. The molecular weight excluding hydrogens is 428 g/mol. The zero-order valence-electron chi connectivity index (χ0n) is 21.4. The highest BCUT2D eigenvalue weighted by atomic mass is 16.5. The minimum Gasteiger partial charge on any atom is -0.481 e. The van der Waals surface area contributed by atoms with Gasteiger partial charge in [-0.1, -0.05) is 6.92 Å². The van der Waals surface area contributed by atoms with Crippen molar-refractivity contribution in [2.45, 2.75) is 59.8 Å². The van der Waals surface area contributed by atoms with E-state index in [-0.39, 0.29) is 32.0 Å². The minimum absolute atomic E-state index is 0.0333. The van der Waals surface area contributed by atoms with E-state index in [1.807, 2.05) is 28.1 Å². The second kappa shape index (κ2) is 11.8. The van der Waals surface area contributed by atoms with Gasteiger partial charge < -0.3 is 24.0 Å². The first-order chi connectivity index (χ1) is 15.1. The van der Waals surface area contributed by atoms with Gasteiger partial charge in [0.1, 0.15) is 19.8 Å². The van der Waals surface area contributed by atoms with Crippen molar-refractivity contribution in [3.8, 4) is 0 Å². The molecular formula is C24H43N2O7+. The Kier molecular flexibility index (Phi) is 10.3. The standard InChI is InChI=1S/C24H42N2O7/c1-8-24(4,22(31)33-15-13-26(5,6)7)17-18(20(28)29)16-23(2,3)21(30)32-14-12-25-11-9-10-19(25)27/h18H,8-17H2,1-7H3/p+1. The predicted molar refractivity (Wildman–Crippen MR) is 123 cm³/mol. The number of nitrogens with zero attached hydrogens (tertiary/aromatic N) is 2. The molecule has 0 bridgehead atoms. The maximum absolute atomic E-state index is 12.8. The summed E-state index contributed by atoms with van der Waals surface area (Å²) in [6, 6.07) is 0. The Morgan fingerprint density at radius 3 is 2.15 bits per heavy atom. The van der Waals surface area contributed by atoms with Gasteiger partial charge in [0.2, 0.25) is 5.91 Å². The summed E-state index contributed by atoms with van der Waals surface area (Å²) in [5, 5.41) is 9.84. The first kappa shape index (κ1) is 28.9. The van der Waals surface area contributed by atoms with Crippen molar-refractivity contribution in [2.75, 3.05) is 54.0 Å². The molecule has 1 heterocycles. The van der Waals surface area contributed by atoms with Gasteiger partial charge in [0.05, 0.1) is 44.4 Å². The number of aliphatic carboxylic acids is 1.